The summed E-state index contributed by atoms with van der Waals surface area (Å²) in [6.45, 7) is 0.638. The maximum atomic E-state index is 12.7. The third-order valence-electron chi connectivity index (χ3n) is 3.18. The summed E-state index contributed by atoms with van der Waals surface area (Å²) in [5.74, 6) is -0.707. The minimum atomic E-state index is -4.44. The minimum absolute atomic E-state index is 0.0135. The van der Waals surface area contributed by atoms with Crippen LogP contribution in [0.1, 0.15) is 21.6 Å². The number of halogens is 3. The van der Waals surface area contributed by atoms with E-state index in [-0.39, 0.29) is 12.2 Å². The summed E-state index contributed by atoms with van der Waals surface area (Å²) in [5.41, 5.74) is 2.01. The highest BCUT2D eigenvalue weighted by Gasteiger charge is 2.33. The molecular weight excluding hydrogens is 295 g/mol. The molecule has 0 bridgehead atoms. The average molecular weight is 311 g/mol. The van der Waals surface area contributed by atoms with Crippen LogP contribution in [0.2, 0.25) is 0 Å². The van der Waals surface area contributed by atoms with E-state index in [9.17, 15) is 18.0 Å². The number of nitrogens with zero attached hydrogens (tertiary/aromatic N) is 2. The number of aromatic amines is 1. The summed E-state index contributed by atoms with van der Waals surface area (Å²) in [4.78, 5) is 12.9. The average Bonchev–Trinajstić information content (AvgIpc) is 2.97. The fourth-order valence-electron chi connectivity index (χ4n) is 2.03. The summed E-state index contributed by atoms with van der Waals surface area (Å²) >= 11 is 0. The smallest absolute Gasteiger partial charge is 0.328 e. The summed E-state index contributed by atoms with van der Waals surface area (Å²) in [5, 5.41) is 6.00. The third-order valence-corrected chi connectivity index (χ3v) is 3.18. The molecule has 2 rings (SSSR count). The van der Waals surface area contributed by atoms with Crippen molar-refractivity contribution in [1.29, 1.82) is 0 Å². The van der Waals surface area contributed by atoms with Crippen molar-refractivity contribution >= 4 is 5.91 Å². The van der Waals surface area contributed by atoms with Crippen LogP contribution >= 0.6 is 0 Å². The number of alkyl halides is 3. The molecule has 0 aliphatic heterocycles. The van der Waals surface area contributed by atoms with Crippen LogP contribution in [-0.2, 0) is 6.42 Å². The summed E-state index contributed by atoms with van der Waals surface area (Å²) < 4.78 is 38.0. The number of carbonyl (C=O) groups is 1. The molecule has 0 aliphatic carbocycles. The first kappa shape index (κ1) is 16.1. The van der Waals surface area contributed by atoms with E-state index in [0.29, 0.717) is 6.42 Å². The summed E-state index contributed by atoms with van der Waals surface area (Å²) in [7, 11) is 0. The van der Waals surface area contributed by atoms with Crippen LogP contribution in [0.25, 0.3) is 0 Å². The maximum absolute atomic E-state index is 12.7. The Bertz CT molecular complexity index is 606. The van der Waals surface area contributed by atoms with Crippen LogP contribution in [0.5, 0.6) is 0 Å². The van der Waals surface area contributed by atoms with Crippen molar-refractivity contribution < 1.29 is 18.0 Å². The lowest BCUT2D eigenvalue weighted by Gasteiger charge is -2.23. The zero-order valence-corrected chi connectivity index (χ0v) is 12.0. The molecule has 0 saturated carbocycles. The maximum Gasteiger partial charge on any atom is 0.406 e. The van der Waals surface area contributed by atoms with Gasteiger partial charge in [0.25, 0.3) is 5.91 Å². The molecule has 1 heterocycles. The number of amides is 1. The second kappa shape index (κ2) is 6.64. The first-order valence-electron chi connectivity index (χ1n) is 6.76. The Kier molecular flexibility index (Phi) is 4.85. The molecule has 1 aromatic carbocycles. The molecule has 1 N–H and O–H groups in total. The van der Waals surface area contributed by atoms with Gasteiger partial charge in [0.1, 0.15) is 12.2 Å². The molecule has 2 aromatic rings. The van der Waals surface area contributed by atoms with Gasteiger partial charge in [-0.3, -0.25) is 9.89 Å². The molecule has 0 radical (unpaired) electrons. The van der Waals surface area contributed by atoms with E-state index in [0.717, 1.165) is 16.0 Å². The fraction of sp³-hybridized carbons (Fsp3) is 0.333. The van der Waals surface area contributed by atoms with Gasteiger partial charge in [-0.2, -0.15) is 18.3 Å². The van der Waals surface area contributed by atoms with Crippen LogP contribution < -0.4 is 0 Å². The lowest BCUT2D eigenvalue weighted by atomic mass is 10.1. The van der Waals surface area contributed by atoms with Crippen molar-refractivity contribution in [2.45, 2.75) is 19.5 Å². The van der Waals surface area contributed by atoms with E-state index < -0.39 is 18.6 Å². The van der Waals surface area contributed by atoms with Crippen LogP contribution in [0.4, 0.5) is 13.2 Å². The van der Waals surface area contributed by atoms with Crippen LogP contribution in [-0.4, -0.2) is 40.3 Å². The number of hydrogen-bond donors (Lipinski definition) is 1. The van der Waals surface area contributed by atoms with Gasteiger partial charge < -0.3 is 4.90 Å². The second-order valence-corrected chi connectivity index (χ2v) is 5.05. The number of carbonyl (C=O) groups excluding carboxylic acids is 1. The minimum Gasteiger partial charge on any atom is -0.328 e. The Morgan fingerprint density at radius 3 is 2.45 bits per heavy atom. The van der Waals surface area contributed by atoms with Gasteiger partial charge in [0.15, 0.2) is 0 Å². The summed E-state index contributed by atoms with van der Waals surface area (Å²) in [6.07, 6.45) is -2.75. The van der Waals surface area contributed by atoms with Gasteiger partial charge in [0.2, 0.25) is 0 Å². The van der Waals surface area contributed by atoms with E-state index in [1.165, 1.54) is 12.3 Å². The molecule has 1 amide bonds. The van der Waals surface area contributed by atoms with Gasteiger partial charge >= 0.3 is 6.18 Å². The predicted molar refractivity (Wildman–Crippen MR) is 75.4 cm³/mol. The fourth-order valence-corrected chi connectivity index (χ4v) is 2.03. The Morgan fingerprint density at radius 2 is 1.91 bits per heavy atom. The molecule has 0 aliphatic rings. The molecule has 0 unspecified atom stereocenters. The highest BCUT2D eigenvalue weighted by atomic mass is 19.4. The van der Waals surface area contributed by atoms with Gasteiger partial charge in [-0.1, -0.05) is 29.8 Å². The normalized spacial score (nSPS) is 11.5. The van der Waals surface area contributed by atoms with E-state index in [2.05, 4.69) is 10.2 Å². The number of benzene rings is 1. The third kappa shape index (κ3) is 4.61. The SMILES string of the molecule is Cc1ccc(CCN(CC(F)(F)F)C(=O)c2ccn[nH]2)cc1. The topological polar surface area (TPSA) is 49.0 Å². The first-order valence-corrected chi connectivity index (χ1v) is 6.76. The molecular formula is C15H16F3N3O. The quantitative estimate of drug-likeness (QED) is 0.923. The monoisotopic (exact) mass is 311 g/mol. The number of aromatic nitrogens is 2. The largest absolute Gasteiger partial charge is 0.406 e. The molecule has 0 spiro atoms. The highest BCUT2D eigenvalue weighted by molar-refractivity contribution is 5.92. The number of hydrogen-bond acceptors (Lipinski definition) is 2. The number of nitrogens with one attached hydrogen (secondary N) is 1. The standard InChI is InChI=1S/C15H16F3N3O/c1-11-2-4-12(5-3-11)7-9-21(10-15(16,17)18)14(22)13-6-8-19-20-13/h2-6,8H,7,9-10H2,1H3,(H,19,20). The molecule has 22 heavy (non-hydrogen) atoms. The molecule has 118 valence electrons. The van der Waals surface area contributed by atoms with E-state index in [1.54, 1.807) is 0 Å². The van der Waals surface area contributed by atoms with E-state index in [1.807, 2.05) is 31.2 Å². The molecule has 0 saturated heterocycles. The van der Waals surface area contributed by atoms with Crippen LogP contribution in [0, 0.1) is 6.92 Å². The Hall–Kier alpha value is -2.31. The van der Waals surface area contributed by atoms with Gasteiger partial charge in [-0.25, -0.2) is 0 Å². The van der Waals surface area contributed by atoms with Crippen molar-refractivity contribution in [2.75, 3.05) is 13.1 Å². The van der Waals surface area contributed by atoms with Gasteiger partial charge in [-0.15, -0.1) is 0 Å². The van der Waals surface area contributed by atoms with Gasteiger partial charge in [0, 0.05) is 12.7 Å². The number of H-pyrrole nitrogens is 1. The van der Waals surface area contributed by atoms with Gasteiger partial charge in [0.05, 0.1) is 0 Å². The number of aryl methyl sites for hydroxylation is 1. The van der Waals surface area contributed by atoms with Crippen molar-refractivity contribution in [3.63, 3.8) is 0 Å². The Morgan fingerprint density at radius 1 is 1.23 bits per heavy atom. The predicted octanol–water partition coefficient (Wildman–Crippen LogP) is 2.97. The van der Waals surface area contributed by atoms with E-state index >= 15 is 0 Å². The summed E-state index contributed by atoms with van der Waals surface area (Å²) in [6, 6.07) is 8.83. The highest BCUT2D eigenvalue weighted by Crippen LogP contribution is 2.18. The molecule has 1 aromatic heterocycles. The van der Waals surface area contributed by atoms with Crippen LogP contribution in [0.3, 0.4) is 0 Å². The van der Waals surface area contributed by atoms with Crippen molar-refractivity contribution in [3.05, 3.63) is 53.3 Å². The molecule has 4 nitrogen and oxygen atoms in total. The van der Waals surface area contributed by atoms with Crippen LogP contribution in [0.15, 0.2) is 36.5 Å². The number of rotatable bonds is 5. The first-order chi connectivity index (χ1) is 10.3. The zero-order valence-electron chi connectivity index (χ0n) is 12.0. The van der Waals surface area contributed by atoms with Gasteiger partial charge in [-0.05, 0) is 25.0 Å². The molecule has 7 heteroatoms. The lowest BCUT2D eigenvalue weighted by molar-refractivity contribution is -0.140. The van der Waals surface area contributed by atoms with E-state index in [4.69, 9.17) is 0 Å². The Balaban J connectivity index is 2.07. The molecule has 0 atom stereocenters. The lowest BCUT2D eigenvalue weighted by Crippen LogP contribution is -2.40. The Labute approximate surface area is 125 Å². The van der Waals surface area contributed by atoms with Crippen molar-refractivity contribution in [1.82, 2.24) is 15.1 Å². The second-order valence-electron chi connectivity index (χ2n) is 5.05. The van der Waals surface area contributed by atoms with Crippen molar-refractivity contribution in [3.8, 4) is 0 Å². The van der Waals surface area contributed by atoms with Crippen molar-refractivity contribution in [2.24, 2.45) is 0 Å². The zero-order chi connectivity index (χ0) is 16.2. The molecule has 0 fully saturated rings.